The first kappa shape index (κ1) is 20.9. The van der Waals surface area contributed by atoms with Gasteiger partial charge in [-0.1, -0.05) is 104 Å². The molecule has 168 valence electrons. The fraction of sp³-hybridized carbons (Fsp3) is 0.219. The summed E-state index contributed by atoms with van der Waals surface area (Å²) in [5.41, 5.74) is 9.84. The molecule has 2 aliphatic rings. The molecule has 0 saturated heterocycles. The Labute approximate surface area is 200 Å². The van der Waals surface area contributed by atoms with Gasteiger partial charge in [0.25, 0.3) is 0 Å². The van der Waals surface area contributed by atoms with Crippen molar-refractivity contribution in [3.8, 4) is 22.3 Å². The van der Waals surface area contributed by atoms with Gasteiger partial charge in [0.2, 0.25) is 0 Å². The minimum absolute atomic E-state index is 0.145. The van der Waals surface area contributed by atoms with Gasteiger partial charge in [-0.2, -0.15) is 0 Å². The van der Waals surface area contributed by atoms with Gasteiger partial charge in [-0.3, -0.25) is 4.79 Å². The number of hydrogen-bond donors (Lipinski definition) is 1. The van der Waals surface area contributed by atoms with E-state index in [1.54, 1.807) is 0 Å². The number of rotatable bonds is 6. The molecule has 0 atom stereocenters. The van der Waals surface area contributed by atoms with E-state index in [1.807, 2.05) is 0 Å². The Hall–Kier alpha value is -3.65. The van der Waals surface area contributed by atoms with Crippen LogP contribution in [-0.4, -0.2) is 11.1 Å². The van der Waals surface area contributed by atoms with E-state index in [4.69, 9.17) is 0 Å². The SMILES string of the molecule is CCC1(CC2(CCC(=O)O)c3ccccc3-c3ccccc32)c2ccccc2-c2ccccc21. The first-order valence-corrected chi connectivity index (χ1v) is 12.2. The van der Waals surface area contributed by atoms with Gasteiger partial charge in [-0.05, 0) is 63.8 Å². The molecule has 2 nitrogen and oxygen atoms in total. The molecule has 0 spiro atoms. The standard InChI is InChI=1S/C32H28O2/c1-2-31(26-15-7-3-11-22(26)23-12-4-8-16-27(23)31)21-32(20-19-30(33)34)28-17-9-5-13-24(28)25-14-6-10-18-29(25)32/h3-18H,2,19-21H2,1H3,(H,33,34). The lowest BCUT2D eigenvalue weighted by Crippen LogP contribution is -2.37. The van der Waals surface area contributed by atoms with Gasteiger partial charge in [0.05, 0.1) is 0 Å². The predicted octanol–water partition coefficient (Wildman–Crippen LogP) is 7.58. The third-order valence-electron chi connectivity index (χ3n) is 8.32. The van der Waals surface area contributed by atoms with E-state index in [0.717, 1.165) is 12.8 Å². The number of aliphatic carboxylic acids is 1. The van der Waals surface area contributed by atoms with E-state index in [0.29, 0.717) is 6.42 Å². The van der Waals surface area contributed by atoms with Gasteiger partial charge in [0, 0.05) is 17.3 Å². The normalized spacial score (nSPS) is 15.8. The van der Waals surface area contributed by atoms with Crippen molar-refractivity contribution in [2.24, 2.45) is 0 Å². The van der Waals surface area contributed by atoms with Gasteiger partial charge in [0.15, 0.2) is 0 Å². The first-order chi connectivity index (χ1) is 16.6. The molecule has 0 bridgehead atoms. The molecule has 0 aromatic heterocycles. The highest BCUT2D eigenvalue weighted by molar-refractivity contribution is 5.84. The fourth-order valence-corrected chi connectivity index (χ4v) is 6.91. The van der Waals surface area contributed by atoms with Crippen LogP contribution in [0.4, 0.5) is 0 Å². The van der Waals surface area contributed by atoms with Gasteiger partial charge in [-0.15, -0.1) is 0 Å². The molecule has 0 aliphatic heterocycles. The summed E-state index contributed by atoms with van der Waals surface area (Å²) in [4.78, 5) is 11.9. The molecule has 1 N–H and O–H groups in total. The van der Waals surface area contributed by atoms with E-state index in [2.05, 4.69) is 104 Å². The topological polar surface area (TPSA) is 37.3 Å². The Morgan fingerprint density at radius 3 is 1.32 bits per heavy atom. The van der Waals surface area contributed by atoms with Crippen LogP contribution in [-0.2, 0) is 15.6 Å². The summed E-state index contributed by atoms with van der Waals surface area (Å²) in [6, 6.07) is 34.9. The summed E-state index contributed by atoms with van der Waals surface area (Å²) < 4.78 is 0. The second-order valence-electron chi connectivity index (χ2n) is 9.77. The highest BCUT2D eigenvalue weighted by Gasteiger charge is 2.52. The van der Waals surface area contributed by atoms with Crippen molar-refractivity contribution in [3.05, 3.63) is 119 Å². The van der Waals surface area contributed by atoms with Crippen LogP contribution in [0.2, 0.25) is 0 Å². The first-order valence-electron chi connectivity index (χ1n) is 12.2. The molecule has 2 heteroatoms. The Bertz CT molecular complexity index is 1320. The predicted molar refractivity (Wildman–Crippen MR) is 137 cm³/mol. The molecule has 0 saturated carbocycles. The lowest BCUT2D eigenvalue weighted by Gasteiger charge is -2.42. The van der Waals surface area contributed by atoms with E-state index < -0.39 is 5.97 Å². The monoisotopic (exact) mass is 444 g/mol. The van der Waals surface area contributed by atoms with Gasteiger partial charge in [0.1, 0.15) is 0 Å². The maximum Gasteiger partial charge on any atom is 0.303 e. The highest BCUT2D eigenvalue weighted by Crippen LogP contribution is 2.61. The van der Waals surface area contributed by atoms with Crippen LogP contribution < -0.4 is 0 Å². The quantitative estimate of drug-likeness (QED) is 0.333. The third kappa shape index (κ3) is 2.78. The number of carbonyl (C=O) groups is 1. The summed E-state index contributed by atoms with van der Waals surface area (Å²) in [6.07, 6.45) is 2.54. The van der Waals surface area contributed by atoms with Crippen molar-refractivity contribution in [1.29, 1.82) is 0 Å². The number of benzene rings is 4. The zero-order valence-electron chi connectivity index (χ0n) is 19.4. The van der Waals surface area contributed by atoms with Crippen LogP contribution in [0.15, 0.2) is 97.1 Å². The minimum Gasteiger partial charge on any atom is -0.481 e. The van der Waals surface area contributed by atoms with E-state index in [9.17, 15) is 9.90 Å². The second-order valence-corrected chi connectivity index (χ2v) is 9.77. The summed E-state index contributed by atoms with van der Waals surface area (Å²) in [5, 5.41) is 9.78. The van der Waals surface area contributed by atoms with Crippen molar-refractivity contribution < 1.29 is 9.90 Å². The molecule has 0 amide bonds. The lowest BCUT2D eigenvalue weighted by molar-refractivity contribution is -0.137. The average Bonchev–Trinajstić information content (AvgIpc) is 3.32. The van der Waals surface area contributed by atoms with Crippen molar-refractivity contribution >= 4 is 5.97 Å². The molecule has 0 fully saturated rings. The maximum atomic E-state index is 11.9. The molecule has 2 aliphatic carbocycles. The third-order valence-corrected chi connectivity index (χ3v) is 8.32. The van der Waals surface area contributed by atoms with Crippen LogP contribution in [0.25, 0.3) is 22.3 Å². The van der Waals surface area contributed by atoms with Crippen molar-refractivity contribution in [2.45, 2.75) is 43.4 Å². The Kier molecular flexibility index (Phi) is 4.74. The zero-order chi connectivity index (χ0) is 23.3. The summed E-state index contributed by atoms with van der Waals surface area (Å²) in [7, 11) is 0. The van der Waals surface area contributed by atoms with E-state index in [1.165, 1.54) is 44.5 Å². The lowest BCUT2D eigenvalue weighted by atomic mass is 9.60. The van der Waals surface area contributed by atoms with E-state index in [-0.39, 0.29) is 17.3 Å². The van der Waals surface area contributed by atoms with Crippen molar-refractivity contribution in [3.63, 3.8) is 0 Å². The van der Waals surface area contributed by atoms with Crippen LogP contribution in [0, 0.1) is 0 Å². The molecule has 4 aromatic carbocycles. The van der Waals surface area contributed by atoms with Crippen LogP contribution >= 0.6 is 0 Å². The van der Waals surface area contributed by atoms with Crippen LogP contribution in [0.3, 0.4) is 0 Å². The molecule has 0 radical (unpaired) electrons. The number of carboxylic acids is 1. The van der Waals surface area contributed by atoms with Gasteiger partial charge >= 0.3 is 5.97 Å². The second kappa shape index (κ2) is 7.70. The smallest absolute Gasteiger partial charge is 0.303 e. The van der Waals surface area contributed by atoms with Gasteiger partial charge < -0.3 is 5.11 Å². The summed E-state index contributed by atoms with van der Waals surface area (Å²) >= 11 is 0. The highest BCUT2D eigenvalue weighted by atomic mass is 16.4. The van der Waals surface area contributed by atoms with Crippen LogP contribution in [0.5, 0.6) is 0 Å². The van der Waals surface area contributed by atoms with Gasteiger partial charge in [-0.25, -0.2) is 0 Å². The zero-order valence-corrected chi connectivity index (χ0v) is 19.4. The Morgan fingerprint density at radius 2 is 0.971 bits per heavy atom. The van der Waals surface area contributed by atoms with Crippen LogP contribution in [0.1, 0.15) is 54.9 Å². The molecule has 6 rings (SSSR count). The van der Waals surface area contributed by atoms with Crippen molar-refractivity contribution in [1.82, 2.24) is 0 Å². The average molecular weight is 445 g/mol. The summed E-state index contributed by atoms with van der Waals surface area (Å²) in [5.74, 6) is -0.737. The summed E-state index contributed by atoms with van der Waals surface area (Å²) in [6.45, 7) is 2.29. The fourth-order valence-electron chi connectivity index (χ4n) is 6.91. The molecule has 0 heterocycles. The molecular weight excluding hydrogens is 416 g/mol. The molecular formula is C32H28O2. The molecule has 34 heavy (non-hydrogen) atoms. The molecule has 0 unspecified atom stereocenters. The largest absolute Gasteiger partial charge is 0.481 e. The maximum absolute atomic E-state index is 11.9. The van der Waals surface area contributed by atoms with E-state index >= 15 is 0 Å². The Balaban J connectivity index is 1.64. The Morgan fingerprint density at radius 1 is 0.618 bits per heavy atom. The number of hydrogen-bond acceptors (Lipinski definition) is 1. The number of fused-ring (bicyclic) bond motifs is 6. The molecule has 4 aromatic rings. The van der Waals surface area contributed by atoms with Crippen molar-refractivity contribution in [2.75, 3.05) is 0 Å². The minimum atomic E-state index is -0.737. The number of carboxylic acid groups (broad SMARTS) is 1.